The molecule has 0 amide bonds. The van der Waals surface area contributed by atoms with Crippen molar-refractivity contribution in [3.05, 3.63) is 38.5 Å². The summed E-state index contributed by atoms with van der Waals surface area (Å²) in [6.45, 7) is 5.64. The molecule has 0 saturated carbocycles. The maximum Gasteiger partial charge on any atom is 0.107 e. The molecule has 0 atom stereocenters. The first kappa shape index (κ1) is 14.2. The van der Waals surface area contributed by atoms with Crippen molar-refractivity contribution in [2.45, 2.75) is 32.5 Å². The Balaban J connectivity index is 1.51. The summed E-state index contributed by atoms with van der Waals surface area (Å²) in [5.74, 6) is 0. The number of likely N-dealkylation sites (tertiary alicyclic amines) is 1. The van der Waals surface area contributed by atoms with Crippen LogP contribution in [-0.4, -0.2) is 34.9 Å². The Labute approximate surface area is 128 Å². The van der Waals surface area contributed by atoms with Crippen molar-refractivity contribution in [1.29, 1.82) is 0 Å². The third-order valence-corrected chi connectivity index (χ3v) is 5.36. The van der Waals surface area contributed by atoms with Crippen molar-refractivity contribution in [3.63, 3.8) is 0 Å². The maximum atomic E-state index is 4.35. The lowest BCUT2D eigenvalue weighted by molar-refractivity contribution is 0.320. The van der Waals surface area contributed by atoms with E-state index in [9.17, 15) is 0 Å². The van der Waals surface area contributed by atoms with E-state index in [0.717, 1.165) is 19.6 Å². The molecule has 0 spiro atoms. The summed E-state index contributed by atoms with van der Waals surface area (Å²) in [6, 6.07) is 2.38. The van der Waals surface area contributed by atoms with Crippen LogP contribution in [0.2, 0.25) is 0 Å². The second-order valence-electron chi connectivity index (χ2n) is 5.50. The van der Waals surface area contributed by atoms with E-state index in [0.29, 0.717) is 0 Å². The zero-order chi connectivity index (χ0) is 13.8. The highest BCUT2D eigenvalue weighted by atomic mass is 32.1. The van der Waals surface area contributed by atoms with E-state index in [4.69, 9.17) is 0 Å². The minimum absolute atomic E-state index is 0.941. The van der Waals surface area contributed by atoms with Gasteiger partial charge in [0.05, 0.1) is 6.54 Å². The number of thiophene rings is 1. The number of hydrogen-bond acceptors (Lipinski definition) is 5. The van der Waals surface area contributed by atoms with Crippen molar-refractivity contribution in [3.8, 4) is 0 Å². The van der Waals surface area contributed by atoms with Gasteiger partial charge in [-0.1, -0.05) is 0 Å². The number of nitrogens with zero attached hydrogens (tertiary/aromatic N) is 3. The summed E-state index contributed by atoms with van der Waals surface area (Å²) in [5, 5.41) is 5.56. The van der Waals surface area contributed by atoms with Gasteiger partial charge in [0.2, 0.25) is 0 Å². The summed E-state index contributed by atoms with van der Waals surface area (Å²) in [5.41, 5.74) is 1.48. The monoisotopic (exact) mass is 307 g/mol. The Hall–Kier alpha value is -0.750. The third-order valence-electron chi connectivity index (χ3n) is 3.63. The molecule has 1 aliphatic heterocycles. The zero-order valence-electron chi connectivity index (χ0n) is 11.9. The molecule has 0 bridgehead atoms. The van der Waals surface area contributed by atoms with Crippen LogP contribution in [0.1, 0.15) is 28.3 Å². The largest absolute Gasteiger partial charge is 0.299 e. The summed E-state index contributed by atoms with van der Waals surface area (Å²) in [7, 11) is 2.17. The second-order valence-corrected chi connectivity index (χ2v) is 7.48. The van der Waals surface area contributed by atoms with Crippen LogP contribution in [0.4, 0.5) is 0 Å². The predicted octanol–water partition coefficient (Wildman–Crippen LogP) is 3.43. The second kappa shape index (κ2) is 6.80. The molecule has 0 aliphatic carbocycles. The minimum atomic E-state index is 0.941. The Morgan fingerprint density at radius 2 is 2.10 bits per heavy atom. The van der Waals surface area contributed by atoms with E-state index >= 15 is 0 Å². The Kier molecular flexibility index (Phi) is 4.83. The smallest absolute Gasteiger partial charge is 0.107 e. The molecule has 3 rings (SSSR count). The lowest BCUT2D eigenvalue weighted by Gasteiger charge is -2.14. The lowest BCUT2D eigenvalue weighted by Crippen LogP contribution is -2.18. The topological polar surface area (TPSA) is 19.4 Å². The molecule has 3 heterocycles. The highest BCUT2D eigenvalue weighted by molar-refractivity contribution is 7.10. The molecule has 1 aliphatic rings. The fraction of sp³-hybridized carbons (Fsp3) is 0.533. The molecule has 0 unspecified atom stereocenters. The van der Waals surface area contributed by atoms with E-state index in [1.54, 1.807) is 11.3 Å². The molecule has 1 saturated heterocycles. The van der Waals surface area contributed by atoms with Crippen LogP contribution in [0.25, 0.3) is 0 Å². The van der Waals surface area contributed by atoms with Gasteiger partial charge in [-0.15, -0.1) is 22.7 Å². The highest BCUT2D eigenvalue weighted by Gasteiger charge is 2.13. The molecule has 108 valence electrons. The first-order valence-electron chi connectivity index (χ1n) is 7.15. The van der Waals surface area contributed by atoms with Gasteiger partial charge < -0.3 is 0 Å². The third kappa shape index (κ3) is 3.88. The normalized spacial score (nSPS) is 16.3. The van der Waals surface area contributed by atoms with Crippen molar-refractivity contribution < 1.29 is 0 Å². The SMILES string of the molecule is CN(Cc1cc(CN2CCCC2)cs1)Cc1nccs1. The molecular weight excluding hydrogens is 286 g/mol. The first-order valence-corrected chi connectivity index (χ1v) is 8.91. The van der Waals surface area contributed by atoms with Crippen molar-refractivity contribution in [2.24, 2.45) is 0 Å². The van der Waals surface area contributed by atoms with Gasteiger partial charge in [0, 0.05) is 29.5 Å². The van der Waals surface area contributed by atoms with Gasteiger partial charge in [0.15, 0.2) is 0 Å². The quantitative estimate of drug-likeness (QED) is 0.815. The van der Waals surface area contributed by atoms with Crippen molar-refractivity contribution >= 4 is 22.7 Å². The molecule has 0 N–H and O–H groups in total. The van der Waals surface area contributed by atoms with Crippen LogP contribution < -0.4 is 0 Å². The molecule has 2 aromatic heterocycles. The minimum Gasteiger partial charge on any atom is -0.299 e. The summed E-state index contributed by atoms with van der Waals surface area (Å²) < 4.78 is 0. The molecule has 0 aromatic carbocycles. The number of rotatable bonds is 6. The average Bonchev–Trinajstić information content (AvgIpc) is 3.12. The van der Waals surface area contributed by atoms with Gasteiger partial charge in [-0.05, 0) is 50.0 Å². The fourth-order valence-electron chi connectivity index (χ4n) is 2.67. The Bertz CT molecular complexity index is 515. The van der Waals surface area contributed by atoms with Crippen LogP contribution in [0.3, 0.4) is 0 Å². The Morgan fingerprint density at radius 3 is 2.85 bits per heavy atom. The summed E-state index contributed by atoms with van der Waals surface area (Å²) >= 11 is 3.62. The van der Waals surface area contributed by atoms with Crippen LogP contribution >= 0.6 is 22.7 Å². The van der Waals surface area contributed by atoms with E-state index in [1.165, 1.54) is 41.4 Å². The molecular formula is C15H21N3S2. The maximum absolute atomic E-state index is 4.35. The number of thiazole rings is 1. The number of aromatic nitrogens is 1. The van der Waals surface area contributed by atoms with E-state index in [-0.39, 0.29) is 0 Å². The predicted molar refractivity (Wildman–Crippen MR) is 86.1 cm³/mol. The standard InChI is InChI=1S/C15H21N3S2/c1-17(11-15-16-4-7-19-15)10-14-8-13(12-20-14)9-18-5-2-3-6-18/h4,7-8,12H,2-3,5-6,9-11H2,1H3. The van der Waals surface area contributed by atoms with Crippen LogP contribution in [0.5, 0.6) is 0 Å². The van der Waals surface area contributed by atoms with Crippen molar-refractivity contribution in [1.82, 2.24) is 14.8 Å². The van der Waals surface area contributed by atoms with Gasteiger partial charge >= 0.3 is 0 Å². The van der Waals surface area contributed by atoms with Crippen LogP contribution in [0.15, 0.2) is 23.0 Å². The molecule has 20 heavy (non-hydrogen) atoms. The van der Waals surface area contributed by atoms with Crippen molar-refractivity contribution in [2.75, 3.05) is 20.1 Å². The average molecular weight is 307 g/mol. The Morgan fingerprint density at radius 1 is 1.25 bits per heavy atom. The van der Waals surface area contributed by atoms with Gasteiger partial charge in [0.25, 0.3) is 0 Å². The lowest BCUT2D eigenvalue weighted by atomic mass is 10.3. The zero-order valence-corrected chi connectivity index (χ0v) is 13.6. The molecule has 3 nitrogen and oxygen atoms in total. The van der Waals surface area contributed by atoms with E-state index in [2.05, 4.69) is 33.3 Å². The number of hydrogen-bond donors (Lipinski definition) is 0. The van der Waals surface area contributed by atoms with Gasteiger partial charge in [-0.2, -0.15) is 0 Å². The summed E-state index contributed by atoms with van der Waals surface area (Å²) in [6.07, 6.45) is 4.62. The first-order chi connectivity index (χ1) is 9.79. The molecule has 0 radical (unpaired) electrons. The molecule has 2 aromatic rings. The summed E-state index contributed by atoms with van der Waals surface area (Å²) in [4.78, 5) is 10.7. The van der Waals surface area contributed by atoms with Gasteiger partial charge in [0.1, 0.15) is 5.01 Å². The van der Waals surface area contributed by atoms with Gasteiger partial charge in [-0.25, -0.2) is 4.98 Å². The molecule has 1 fully saturated rings. The highest BCUT2D eigenvalue weighted by Crippen LogP contribution is 2.20. The van der Waals surface area contributed by atoms with E-state index < -0.39 is 0 Å². The van der Waals surface area contributed by atoms with Crippen LogP contribution in [-0.2, 0) is 19.6 Å². The molecule has 5 heteroatoms. The van der Waals surface area contributed by atoms with Gasteiger partial charge in [-0.3, -0.25) is 9.80 Å². The fourth-order valence-corrected chi connectivity index (χ4v) is 4.33. The van der Waals surface area contributed by atoms with Crippen LogP contribution in [0, 0.1) is 0 Å². The van der Waals surface area contributed by atoms with E-state index in [1.807, 2.05) is 22.9 Å².